The molecule has 122 valence electrons. The number of urea groups is 1. The number of anilines is 1. The van der Waals surface area contributed by atoms with Gasteiger partial charge in [0.1, 0.15) is 6.33 Å². The minimum atomic E-state index is -3.07. The molecule has 0 saturated carbocycles. The number of carbonyl (C=O) groups excluding carboxylic acids is 1. The summed E-state index contributed by atoms with van der Waals surface area (Å²) in [7, 11) is -3.07. The van der Waals surface area contributed by atoms with Crippen LogP contribution in [-0.4, -0.2) is 51.7 Å². The van der Waals surface area contributed by atoms with Crippen LogP contribution in [0, 0.1) is 0 Å². The quantitative estimate of drug-likeness (QED) is 0.835. The van der Waals surface area contributed by atoms with Crippen molar-refractivity contribution >= 4 is 21.6 Å². The number of aromatic nitrogens is 4. The number of nitrogens with one attached hydrogen (secondary N) is 2. The van der Waals surface area contributed by atoms with Gasteiger partial charge in [-0.15, -0.1) is 5.10 Å². The summed E-state index contributed by atoms with van der Waals surface area (Å²) in [5.41, 5.74) is 0.619. The van der Waals surface area contributed by atoms with E-state index in [1.54, 1.807) is 31.2 Å². The number of hydrogen-bond acceptors (Lipinski definition) is 6. The van der Waals surface area contributed by atoms with Crippen LogP contribution in [-0.2, 0) is 9.84 Å². The summed E-state index contributed by atoms with van der Waals surface area (Å²) in [6.07, 6.45) is 1.89. The number of benzene rings is 1. The molecule has 1 aliphatic rings. The van der Waals surface area contributed by atoms with E-state index in [4.69, 9.17) is 0 Å². The van der Waals surface area contributed by atoms with E-state index in [2.05, 4.69) is 26.2 Å². The minimum absolute atomic E-state index is 0.0361. The molecule has 1 aromatic carbocycles. The van der Waals surface area contributed by atoms with Gasteiger partial charge in [-0.1, -0.05) is 0 Å². The molecule has 23 heavy (non-hydrogen) atoms. The molecule has 2 aromatic rings. The number of rotatable bonds is 3. The van der Waals surface area contributed by atoms with Crippen LogP contribution in [0.1, 0.15) is 13.3 Å². The van der Waals surface area contributed by atoms with Gasteiger partial charge in [0.2, 0.25) is 0 Å². The zero-order valence-corrected chi connectivity index (χ0v) is 13.2. The third-order valence-electron chi connectivity index (χ3n) is 3.66. The lowest BCUT2D eigenvalue weighted by molar-refractivity contribution is 0.242. The molecule has 1 atom stereocenters. The van der Waals surface area contributed by atoms with Crippen molar-refractivity contribution in [2.24, 2.45) is 0 Å². The molecule has 0 aliphatic carbocycles. The van der Waals surface area contributed by atoms with E-state index in [9.17, 15) is 13.2 Å². The maximum absolute atomic E-state index is 12.0. The van der Waals surface area contributed by atoms with Crippen LogP contribution in [0.5, 0.6) is 0 Å². The SMILES string of the molecule is C[C@]1(NC(=O)Nc2ccc(-n3cnnn3)cc2)CCS(=O)(=O)C1. The second-order valence-electron chi connectivity index (χ2n) is 5.78. The van der Waals surface area contributed by atoms with Crippen molar-refractivity contribution in [1.82, 2.24) is 25.5 Å². The molecule has 2 amide bonds. The molecule has 0 unspecified atom stereocenters. The van der Waals surface area contributed by atoms with Crippen LogP contribution in [0.3, 0.4) is 0 Å². The third-order valence-corrected chi connectivity index (χ3v) is 5.56. The highest BCUT2D eigenvalue weighted by Gasteiger charge is 2.39. The van der Waals surface area contributed by atoms with Gasteiger partial charge >= 0.3 is 6.03 Å². The van der Waals surface area contributed by atoms with Crippen molar-refractivity contribution in [2.45, 2.75) is 18.9 Å². The third kappa shape index (κ3) is 3.65. The summed E-state index contributed by atoms with van der Waals surface area (Å²) in [5.74, 6) is 0.0656. The van der Waals surface area contributed by atoms with Gasteiger partial charge in [0.05, 0.1) is 22.7 Å². The Morgan fingerprint density at radius 2 is 2.04 bits per heavy atom. The van der Waals surface area contributed by atoms with E-state index in [0.29, 0.717) is 12.1 Å². The lowest BCUT2D eigenvalue weighted by atomic mass is 10.0. The first-order chi connectivity index (χ1) is 10.9. The molecule has 2 heterocycles. The normalized spacial score (nSPS) is 22.7. The van der Waals surface area contributed by atoms with E-state index in [1.807, 2.05) is 0 Å². The Kier molecular flexibility index (Phi) is 3.76. The van der Waals surface area contributed by atoms with Crippen LogP contribution in [0.25, 0.3) is 5.69 Å². The van der Waals surface area contributed by atoms with E-state index < -0.39 is 21.4 Å². The number of tetrazole rings is 1. The van der Waals surface area contributed by atoms with Crippen molar-refractivity contribution in [3.05, 3.63) is 30.6 Å². The zero-order chi connectivity index (χ0) is 16.5. The number of nitrogens with zero attached hydrogens (tertiary/aromatic N) is 4. The fraction of sp³-hybridized carbons (Fsp3) is 0.385. The van der Waals surface area contributed by atoms with E-state index in [1.165, 1.54) is 11.0 Å². The molecule has 1 fully saturated rings. The molecule has 10 heteroatoms. The standard InChI is InChI=1S/C13H16N6O3S/c1-13(6-7-23(21,22)8-13)16-12(20)15-10-2-4-11(5-3-10)19-9-14-17-18-19/h2-5,9H,6-8H2,1H3,(H2,15,16,20)/t13-/m0/s1. The molecule has 1 aromatic heterocycles. The first-order valence-electron chi connectivity index (χ1n) is 6.98. The Morgan fingerprint density at radius 1 is 1.30 bits per heavy atom. The largest absolute Gasteiger partial charge is 0.332 e. The monoisotopic (exact) mass is 336 g/mol. The lowest BCUT2D eigenvalue weighted by Crippen LogP contribution is -2.48. The molecule has 0 radical (unpaired) electrons. The van der Waals surface area contributed by atoms with Crippen LogP contribution in [0.15, 0.2) is 30.6 Å². The average Bonchev–Trinajstić information content (AvgIpc) is 3.08. The van der Waals surface area contributed by atoms with Crippen molar-refractivity contribution in [1.29, 1.82) is 0 Å². The first kappa shape index (κ1) is 15.4. The summed E-state index contributed by atoms with van der Waals surface area (Å²) in [5, 5.41) is 16.3. The number of sulfone groups is 1. The molecule has 1 aliphatic heterocycles. The predicted molar refractivity (Wildman–Crippen MR) is 83.0 cm³/mol. The molecule has 1 saturated heterocycles. The van der Waals surface area contributed by atoms with Gasteiger partial charge in [-0.2, -0.15) is 0 Å². The fourth-order valence-electron chi connectivity index (χ4n) is 2.52. The molecular weight excluding hydrogens is 320 g/mol. The van der Waals surface area contributed by atoms with Gasteiger partial charge in [-0.05, 0) is 48.0 Å². The summed E-state index contributed by atoms with van der Waals surface area (Å²) in [6, 6.07) is 6.51. The maximum atomic E-state index is 12.0. The van der Waals surface area contributed by atoms with Gasteiger partial charge in [-0.3, -0.25) is 0 Å². The van der Waals surface area contributed by atoms with Crippen molar-refractivity contribution in [3.8, 4) is 5.69 Å². The van der Waals surface area contributed by atoms with Crippen LogP contribution < -0.4 is 10.6 Å². The van der Waals surface area contributed by atoms with Gasteiger partial charge in [0, 0.05) is 5.69 Å². The minimum Gasteiger partial charge on any atom is -0.332 e. The maximum Gasteiger partial charge on any atom is 0.319 e. The Balaban J connectivity index is 1.62. The average molecular weight is 336 g/mol. The Morgan fingerprint density at radius 3 is 2.61 bits per heavy atom. The summed E-state index contributed by atoms with van der Waals surface area (Å²) < 4.78 is 24.6. The Bertz CT molecular complexity index is 803. The van der Waals surface area contributed by atoms with E-state index in [-0.39, 0.29) is 11.5 Å². The predicted octanol–water partition coefficient (Wildman–Crippen LogP) is 0.361. The first-order valence-corrected chi connectivity index (χ1v) is 8.80. The Labute approximate surface area is 133 Å². The van der Waals surface area contributed by atoms with Gasteiger partial charge < -0.3 is 10.6 Å². The smallest absolute Gasteiger partial charge is 0.319 e. The van der Waals surface area contributed by atoms with Crippen LogP contribution in [0.4, 0.5) is 10.5 Å². The zero-order valence-electron chi connectivity index (χ0n) is 12.4. The molecule has 9 nitrogen and oxygen atoms in total. The van der Waals surface area contributed by atoms with Crippen LogP contribution in [0.2, 0.25) is 0 Å². The summed E-state index contributed by atoms with van der Waals surface area (Å²) in [6.45, 7) is 1.73. The van der Waals surface area contributed by atoms with Crippen LogP contribution >= 0.6 is 0 Å². The van der Waals surface area contributed by atoms with Gasteiger partial charge in [0.25, 0.3) is 0 Å². The molecular formula is C13H16N6O3S. The fourth-order valence-corrected chi connectivity index (χ4v) is 4.62. The van der Waals surface area contributed by atoms with E-state index >= 15 is 0 Å². The van der Waals surface area contributed by atoms with Crippen molar-refractivity contribution in [2.75, 3.05) is 16.8 Å². The number of hydrogen-bond donors (Lipinski definition) is 2. The summed E-state index contributed by atoms with van der Waals surface area (Å²) in [4.78, 5) is 12.0. The lowest BCUT2D eigenvalue weighted by Gasteiger charge is -2.24. The van der Waals surface area contributed by atoms with Gasteiger partial charge in [0.15, 0.2) is 9.84 Å². The summed E-state index contributed by atoms with van der Waals surface area (Å²) >= 11 is 0. The molecule has 0 spiro atoms. The molecule has 0 bridgehead atoms. The van der Waals surface area contributed by atoms with Crippen molar-refractivity contribution in [3.63, 3.8) is 0 Å². The van der Waals surface area contributed by atoms with E-state index in [0.717, 1.165) is 5.69 Å². The number of carbonyl (C=O) groups is 1. The Hall–Kier alpha value is -2.49. The van der Waals surface area contributed by atoms with Crippen molar-refractivity contribution < 1.29 is 13.2 Å². The highest BCUT2D eigenvalue weighted by molar-refractivity contribution is 7.91. The van der Waals surface area contributed by atoms with Gasteiger partial charge in [-0.25, -0.2) is 17.9 Å². The second-order valence-corrected chi connectivity index (χ2v) is 7.97. The number of amides is 2. The highest BCUT2D eigenvalue weighted by atomic mass is 32.2. The topological polar surface area (TPSA) is 119 Å². The second kappa shape index (κ2) is 5.61. The highest BCUT2D eigenvalue weighted by Crippen LogP contribution is 2.23. The molecule has 3 rings (SSSR count). The molecule has 2 N–H and O–H groups in total.